The maximum atomic E-state index is 11.8. The molecule has 7 nitrogen and oxygen atoms in total. The topological polar surface area (TPSA) is 91.1 Å². The van der Waals surface area contributed by atoms with E-state index in [1.807, 2.05) is 0 Å². The third-order valence-corrected chi connectivity index (χ3v) is 13.7. The number of ether oxygens (including phenoxy) is 1. The lowest BCUT2D eigenvalue weighted by Gasteiger charge is -2.62. The minimum absolute atomic E-state index is 0.0718. The number of hydrogen-bond acceptors (Lipinski definition) is 7. The van der Waals surface area contributed by atoms with Crippen LogP contribution < -0.4 is 11.1 Å². The molecule has 4 unspecified atom stereocenters. The fourth-order valence-corrected chi connectivity index (χ4v) is 11.3. The van der Waals surface area contributed by atoms with Crippen molar-refractivity contribution >= 4 is 5.97 Å². The van der Waals surface area contributed by atoms with Gasteiger partial charge in [-0.2, -0.15) is 0 Å². The summed E-state index contributed by atoms with van der Waals surface area (Å²) in [6.07, 6.45) is 13.6. The van der Waals surface area contributed by atoms with Crippen LogP contribution in [0.5, 0.6) is 0 Å². The van der Waals surface area contributed by atoms with Gasteiger partial charge in [0.25, 0.3) is 0 Å². The first-order valence-electron chi connectivity index (χ1n) is 17.8. The predicted molar refractivity (Wildman–Crippen MR) is 170 cm³/mol. The molecule has 0 aromatic heterocycles. The van der Waals surface area contributed by atoms with E-state index in [0.717, 1.165) is 57.2 Å². The first-order valence-corrected chi connectivity index (χ1v) is 17.8. The summed E-state index contributed by atoms with van der Waals surface area (Å²) in [6.45, 7) is 16.5. The maximum absolute atomic E-state index is 11.8. The summed E-state index contributed by atoms with van der Waals surface area (Å²) in [6, 6.07) is 0.558. The van der Waals surface area contributed by atoms with Crippen LogP contribution in [-0.4, -0.2) is 92.5 Å². The van der Waals surface area contributed by atoms with Gasteiger partial charge in [-0.15, -0.1) is 0 Å². The molecule has 0 amide bonds. The number of aliphatic hydroxyl groups excluding tert-OH is 1. The lowest BCUT2D eigenvalue weighted by molar-refractivity contribution is -0.162. The second-order valence-electron chi connectivity index (χ2n) is 15.7. The van der Waals surface area contributed by atoms with Crippen LogP contribution in [0.3, 0.4) is 0 Å². The van der Waals surface area contributed by atoms with E-state index in [-0.39, 0.29) is 17.5 Å². The van der Waals surface area contributed by atoms with Gasteiger partial charge in [-0.25, -0.2) is 0 Å². The third-order valence-electron chi connectivity index (χ3n) is 13.7. The monoisotopic (exact) mass is 588 g/mol. The Balaban J connectivity index is 1.10. The van der Waals surface area contributed by atoms with Crippen LogP contribution in [0.1, 0.15) is 97.8 Å². The number of hydrogen-bond donors (Lipinski definition) is 3. The largest absolute Gasteiger partial charge is 0.469 e. The molecule has 0 bridgehead atoms. The van der Waals surface area contributed by atoms with Crippen LogP contribution in [0.25, 0.3) is 0 Å². The molecule has 5 fully saturated rings. The number of aliphatic hydroxyl groups is 1. The van der Waals surface area contributed by atoms with E-state index in [9.17, 15) is 9.90 Å². The Morgan fingerprint density at radius 1 is 0.952 bits per heavy atom. The number of fused-ring (bicyclic) bond motifs is 5. The molecule has 1 heterocycles. The van der Waals surface area contributed by atoms with Crippen LogP contribution in [0.2, 0.25) is 0 Å². The average molecular weight is 589 g/mol. The van der Waals surface area contributed by atoms with Gasteiger partial charge in [0, 0.05) is 38.6 Å². The van der Waals surface area contributed by atoms with Crippen molar-refractivity contribution in [1.82, 2.24) is 15.1 Å². The van der Waals surface area contributed by atoms with E-state index in [0.29, 0.717) is 41.5 Å². The van der Waals surface area contributed by atoms with Crippen molar-refractivity contribution in [2.75, 3.05) is 59.5 Å². The minimum Gasteiger partial charge on any atom is -0.469 e. The Hall–Kier alpha value is -0.730. The number of rotatable bonds is 12. The van der Waals surface area contributed by atoms with Gasteiger partial charge in [-0.05, 0) is 143 Å². The Morgan fingerprint density at radius 3 is 2.31 bits per heavy atom. The van der Waals surface area contributed by atoms with Gasteiger partial charge >= 0.3 is 5.97 Å². The number of esters is 1. The summed E-state index contributed by atoms with van der Waals surface area (Å²) in [5.74, 6) is 3.77. The molecule has 4 N–H and O–H groups in total. The molecule has 4 aliphatic carbocycles. The van der Waals surface area contributed by atoms with Gasteiger partial charge in [-0.1, -0.05) is 20.8 Å². The van der Waals surface area contributed by atoms with E-state index < -0.39 is 0 Å². The normalized spacial score (nSPS) is 41.5. The maximum Gasteiger partial charge on any atom is 0.305 e. The molecule has 7 heteroatoms. The number of carbonyl (C=O) groups excluding carboxylic acids is 1. The van der Waals surface area contributed by atoms with Crippen molar-refractivity contribution < 1.29 is 14.6 Å². The first kappa shape index (κ1) is 32.7. The standard InChI is InChI=1S/C35H64N4O3/c1-25(7-10-33(41)42-4)28-8-9-29-27-24-32(40)31-23-26(11-13-35(31,3)30(27)12-14-34(28,29)2)37-16-6-18-39-21-19-38(20-22-39)17-5-15-36/h25-32,37,40H,5-24,36H2,1-4H3/t25?,26-,27?,28+,29?,30?,31+,32+,34+,35+/m0/s1. The summed E-state index contributed by atoms with van der Waals surface area (Å²) >= 11 is 0. The van der Waals surface area contributed by atoms with E-state index >= 15 is 0 Å². The van der Waals surface area contributed by atoms with E-state index in [1.54, 1.807) is 0 Å². The molecular weight excluding hydrogens is 524 g/mol. The first-order chi connectivity index (χ1) is 20.2. The summed E-state index contributed by atoms with van der Waals surface area (Å²) in [5.41, 5.74) is 6.32. The quantitative estimate of drug-likeness (QED) is 0.228. The van der Waals surface area contributed by atoms with Crippen molar-refractivity contribution in [3.05, 3.63) is 0 Å². The number of nitrogens with one attached hydrogen (secondary N) is 1. The summed E-state index contributed by atoms with van der Waals surface area (Å²) < 4.78 is 4.93. The summed E-state index contributed by atoms with van der Waals surface area (Å²) in [7, 11) is 1.50. The molecule has 4 saturated carbocycles. The number of piperazine rings is 1. The van der Waals surface area contributed by atoms with Gasteiger partial charge in [0.2, 0.25) is 0 Å². The van der Waals surface area contributed by atoms with Crippen molar-refractivity contribution in [3.8, 4) is 0 Å². The molecule has 0 aromatic rings. The smallest absolute Gasteiger partial charge is 0.305 e. The van der Waals surface area contributed by atoms with Crippen molar-refractivity contribution in [1.29, 1.82) is 0 Å². The summed E-state index contributed by atoms with van der Waals surface area (Å²) in [5, 5.41) is 15.6. The van der Waals surface area contributed by atoms with Crippen molar-refractivity contribution in [2.24, 2.45) is 52.1 Å². The number of nitrogens with two attached hydrogens (primary N) is 1. The lowest BCUT2D eigenvalue weighted by atomic mass is 9.43. The van der Waals surface area contributed by atoms with Crippen LogP contribution in [0.15, 0.2) is 0 Å². The van der Waals surface area contributed by atoms with Gasteiger partial charge in [0.1, 0.15) is 0 Å². The Kier molecular flexibility index (Phi) is 11.0. The SMILES string of the molecule is COC(=O)CCC(C)[C@H]1CCC2C3C[C@@H](O)[C@H]4C[C@@H](NCCCN5CCN(CCCN)CC5)CC[C@]4(C)C3CC[C@@]21C. The van der Waals surface area contributed by atoms with Crippen molar-refractivity contribution in [3.63, 3.8) is 0 Å². The number of nitrogens with zero attached hydrogens (tertiary/aromatic N) is 2. The Bertz CT molecular complexity index is 880. The molecule has 242 valence electrons. The van der Waals surface area contributed by atoms with E-state index in [1.165, 1.54) is 84.8 Å². The molecule has 1 saturated heterocycles. The highest BCUT2D eigenvalue weighted by molar-refractivity contribution is 5.69. The highest BCUT2D eigenvalue weighted by Crippen LogP contribution is 2.68. The molecular formula is C35H64N4O3. The predicted octanol–water partition coefficient (Wildman–Crippen LogP) is 4.52. The van der Waals surface area contributed by atoms with Gasteiger partial charge < -0.3 is 30.7 Å². The highest BCUT2D eigenvalue weighted by Gasteiger charge is 2.62. The zero-order valence-electron chi connectivity index (χ0n) is 27.5. The summed E-state index contributed by atoms with van der Waals surface area (Å²) in [4.78, 5) is 17.0. The second kappa shape index (κ2) is 14.1. The van der Waals surface area contributed by atoms with Gasteiger partial charge in [0.15, 0.2) is 0 Å². The molecule has 5 rings (SSSR count). The molecule has 42 heavy (non-hydrogen) atoms. The van der Waals surface area contributed by atoms with E-state index in [2.05, 4.69) is 35.9 Å². The highest BCUT2D eigenvalue weighted by atomic mass is 16.5. The number of methoxy groups -OCH3 is 1. The molecule has 0 spiro atoms. The second-order valence-corrected chi connectivity index (χ2v) is 15.7. The van der Waals surface area contributed by atoms with Gasteiger partial charge in [-0.3, -0.25) is 4.79 Å². The van der Waals surface area contributed by atoms with Crippen molar-refractivity contribution in [2.45, 2.75) is 110 Å². The Morgan fingerprint density at radius 2 is 1.62 bits per heavy atom. The van der Waals surface area contributed by atoms with Crippen LogP contribution in [0, 0.1) is 46.3 Å². The van der Waals surface area contributed by atoms with Crippen LogP contribution in [0.4, 0.5) is 0 Å². The molecule has 0 radical (unpaired) electrons. The minimum atomic E-state index is -0.158. The lowest BCUT2D eigenvalue weighted by Crippen LogP contribution is -2.59. The van der Waals surface area contributed by atoms with E-state index in [4.69, 9.17) is 10.5 Å². The molecule has 0 aromatic carbocycles. The Labute approximate surface area is 257 Å². The zero-order valence-corrected chi connectivity index (χ0v) is 27.5. The zero-order chi connectivity index (χ0) is 29.9. The molecule has 10 atom stereocenters. The van der Waals surface area contributed by atoms with Gasteiger partial charge in [0.05, 0.1) is 13.2 Å². The third kappa shape index (κ3) is 6.76. The van der Waals surface area contributed by atoms with Crippen LogP contribution in [-0.2, 0) is 9.53 Å². The molecule has 5 aliphatic rings. The molecule has 1 aliphatic heterocycles. The fourth-order valence-electron chi connectivity index (χ4n) is 11.3. The number of carbonyl (C=O) groups is 1. The fraction of sp³-hybridized carbons (Fsp3) is 0.971. The van der Waals surface area contributed by atoms with Crippen LogP contribution >= 0.6 is 0 Å². The average Bonchev–Trinajstić information content (AvgIpc) is 3.35.